The van der Waals surface area contributed by atoms with Crippen molar-refractivity contribution in [1.82, 2.24) is 9.88 Å². The summed E-state index contributed by atoms with van der Waals surface area (Å²) in [7, 11) is 1.67. The first kappa shape index (κ1) is 19.7. The number of fused-ring (bicyclic) bond motifs is 3. The predicted octanol–water partition coefficient (Wildman–Crippen LogP) is 3.08. The van der Waals surface area contributed by atoms with Gasteiger partial charge in [-0.2, -0.15) is 0 Å². The number of hydrogen-bond donors (Lipinski definition) is 1. The number of pyridine rings is 1. The fraction of sp³-hybridized carbons (Fsp3) is 0.280. The minimum atomic E-state index is -0.0296. The summed E-state index contributed by atoms with van der Waals surface area (Å²) in [5.74, 6) is 0.999. The molecule has 0 unspecified atom stereocenters. The molecule has 3 atom stereocenters. The van der Waals surface area contributed by atoms with Crippen molar-refractivity contribution in [1.29, 1.82) is 0 Å². The zero-order valence-corrected chi connectivity index (χ0v) is 17.4. The lowest BCUT2D eigenvalue weighted by molar-refractivity contribution is -0.0491. The van der Waals surface area contributed by atoms with Crippen LogP contribution in [0, 0.1) is 0 Å². The van der Waals surface area contributed by atoms with Crippen LogP contribution in [0.3, 0.4) is 0 Å². The number of anilines is 1. The van der Waals surface area contributed by atoms with E-state index in [1.165, 1.54) is 0 Å². The number of aliphatic hydroxyl groups excluding tert-OH is 1. The van der Waals surface area contributed by atoms with Gasteiger partial charge in [-0.1, -0.05) is 36.4 Å². The summed E-state index contributed by atoms with van der Waals surface area (Å²) >= 11 is 0. The lowest BCUT2D eigenvalue weighted by atomic mass is 9.71. The molecule has 0 saturated carbocycles. The van der Waals surface area contributed by atoms with Crippen molar-refractivity contribution in [3.63, 3.8) is 0 Å². The Morgan fingerprint density at radius 3 is 2.61 bits per heavy atom. The molecular formula is C25H25N3O3. The number of hydrogen-bond acceptors (Lipinski definition) is 5. The molecule has 1 N–H and O–H groups in total. The average molecular weight is 415 g/mol. The molecular weight excluding hydrogens is 390 g/mol. The van der Waals surface area contributed by atoms with E-state index < -0.39 is 0 Å². The maximum Gasteiger partial charge on any atom is 0.258 e. The van der Waals surface area contributed by atoms with Gasteiger partial charge >= 0.3 is 0 Å². The molecule has 2 aliphatic heterocycles. The van der Waals surface area contributed by atoms with E-state index in [4.69, 9.17) is 4.74 Å². The summed E-state index contributed by atoms with van der Waals surface area (Å²) in [6.45, 7) is 1.31. The second-order valence-corrected chi connectivity index (χ2v) is 8.04. The number of likely N-dealkylation sites (tertiary alicyclic amines) is 1. The molecule has 6 heteroatoms. The Kier molecular flexibility index (Phi) is 5.18. The summed E-state index contributed by atoms with van der Waals surface area (Å²) in [5.41, 5.74) is 3.75. The van der Waals surface area contributed by atoms with Gasteiger partial charge in [-0.3, -0.25) is 14.7 Å². The van der Waals surface area contributed by atoms with Crippen LogP contribution in [0.5, 0.6) is 5.75 Å². The molecule has 1 amide bonds. The number of benzene rings is 2. The largest absolute Gasteiger partial charge is 0.496 e. The maximum atomic E-state index is 13.4. The van der Waals surface area contributed by atoms with Gasteiger partial charge in [0.2, 0.25) is 0 Å². The van der Waals surface area contributed by atoms with E-state index in [0.29, 0.717) is 18.7 Å². The Bertz CT molecular complexity index is 1090. The number of carbonyl (C=O) groups excluding carboxylic acids is 1. The van der Waals surface area contributed by atoms with Crippen molar-refractivity contribution in [2.24, 2.45) is 0 Å². The first-order chi connectivity index (χ1) is 15.2. The van der Waals surface area contributed by atoms with Crippen LogP contribution in [0.25, 0.3) is 0 Å². The lowest BCUT2D eigenvalue weighted by Gasteiger charge is -2.59. The highest BCUT2D eigenvalue weighted by molar-refractivity contribution is 6.07. The number of nitrogens with zero attached hydrogens (tertiary/aromatic N) is 3. The Labute approximate surface area is 181 Å². The molecule has 1 saturated heterocycles. The van der Waals surface area contributed by atoms with Gasteiger partial charge < -0.3 is 14.7 Å². The number of methoxy groups -OCH3 is 1. The summed E-state index contributed by atoms with van der Waals surface area (Å²) in [6.07, 6.45) is 3.29. The van der Waals surface area contributed by atoms with E-state index in [9.17, 15) is 9.90 Å². The van der Waals surface area contributed by atoms with Gasteiger partial charge in [0.05, 0.1) is 13.7 Å². The number of para-hydroxylation sites is 2. The highest BCUT2D eigenvalue weighted by Crippen LogP contribution is 2.49. The third-order valence-corrected chi connectivity index (χ3v) is 6.54. The van der Waals surface area contributed by atoms with E-state index in [1.54, 1.807) is 31.6 Å². The molecule has 0 spiro atoms. The lowest BCUT2D eigenvalue weighted by Crippen LogP contribution is -2.68. The minimum Gasteiger partial charge on any atom is -0.496 e. The molecule has 2 aliphatic rings. The molecule has 5 rings (SSSR count). The monoisotopic (exact) mass is 415 g/mol. The highest BCUT2D eigenvalue weighted by Gasteiger charge is 2.53. The molecule has 158 valence electrons. The van der Waals surface area contributed by atoms with Crippen molar-refractivity contribution < 1.29 is 14.6 Å². The van der Waals surface area contributed by atoms with Gasteiger partial charge in [0.25, 0.3) is 5.91 Å². The molecule has 6 nitrogen and oxygen atoms in total. The first-order valence-corrected chi connectivity index (χ1v) is 10.5. The van der Waals surface area contributed by atoms with Crippen LogP contribution in [-0.4, -0.2) is 53.2 Å². The molecule has 1 fully saturated rings. The second kappa shape index (κ2) is 8.13. The van der Waals surface area contributed by atoms with E-state index in [0.717, 1.165) is 22.6 Å². The van der Waals surface area contributed by atoms with Crippen LogP contribution in [0.2, 0.25) is 0 Å². The zero-order chi connectivity index (χ0) is 21.4. The van der Waals surface area contributed by atoms with Crippen LogP contribution in [0.1, 0.15) is 27.4 Å². The van der Waals surface area contributed by atoms with E-state index in [-0.39, 0.29) is 30.5 Å². The summed E-state index contributed by atoms with van der Waals surface area (Å²) in [4.78, 5) is 21.6. The van der Waals surface area contributed by atoms with Crippen molar-refractivity contribution in [3.05, 3.63) is 89.7 Å². The Balaban J connectivity index is 1.50. The fourth-order valence-electron chi connectivity index (χ4n) is 5.07. The first-order valence-electron chi connectivity index (χ1n) is 10.5. The molecule has 31 heavy (non-hydrogen) atoms. The fourth-order valence-corrected chi connectivity index (χ4v) is 5.07. The maximum absolute atomic E-state index is 13.4. The van der Waals surface area contributed by atoms with Gasteiger partial charge in [-0.15, -0.1) is 0 Å². The van der Waals surface area contributed by atoms with Crippen molar-refractivity contribution >= 4 is 11.6 Å². The molecule has 2 aromatic carbocycles. The zero-order valence-electron chi connectivity index (χ0n) is 17.4. The van der Waals surface area contributed by atoms with Crippen LogP contribution < -0.4 is 9.64 Å². The third kappa shape index (κ3) is 3.28. The molecule has 1 aromatic heterocycles. The third-order valence-electron chi connectivity index (χ3n) is 6.54. The van der Waals surface area contributed by atoms with Crippen molar-refractivity contribution in [2.75, 3.05) is 25.2 Å². The topological polar surface area (TPSA) is 65.9 Å². The smallest absolute Gasteiger partial charge is 0.258 e. The van der Waals surface area contributed by atoms with E-state index >= 15 is 0 Å². The molecule has 3 heterocycles. The van der Waals surface area contributed by atoms with Crippen LogP contribution in [0.15, 0.2) is 73.1 Å². The number of aliphatic hydroxyl groups is 1. The van der Waals surface area contributed by atoms with Gasteiger partial charge in [-0.05, 0) is 29.8 Å². The summed E-state index contributed by atoms with van der Waals surface area (Å²) in [5, 5.41) is 10.2. The molecule has 0 bridgehead atoms. The quantitative estimate of drug-likeness (QED) is 0.694. The van der Waals surface area contributed by atoms with Crippen LogP contribution in [0.4, 0.5) is 5.69 Å². The van der Waals surface area contributed by atoms with Gasteiger partial charge in [0, 0.05) is 60.3 Å². The van der Waals surface area contributed by atoms with E-state index in [1.807, 2.05) is 41.3 Å². The molecule has 0 radical (unpaired) electrons. The minimum absolute atomic E-state index is 0.00856. The SMILES string of the molecule is COc1ccccc1CN1[C@H](CO)[C@H]2c3ccccc3N(C(=O)c3ccncc3)C[C@H]21. The van der Waals surface area contributed by atoms with Crippen molar-refractivity contribution in [2.45, 2.75) is 24.5 Å². The van der Waals surface area contributed by atoms with Gasteiger partial charge in [0.15, 0.2) is 0 Å². The predicted molar refractivity (Wildman–Crippen MR) is 118 cm³/mol. The number of amides is 1. The van der Waals surface area contributed by atoms with Gasteiger partial charge in [-0.25, -0.2) is 0 Å². The summed E-state index contributed by atoms with van der Waals surface area (Å²) < 4.78 is 5.53. The number of rotatable bonds is 5. The Morgan fingerprint density at radius 1 is 1.10 bits per heavy atom. The molecule has 3 aromatic rings. The standard InChI is InChI=1S/C25H25N3O3/c1-31-23-9-5-2-6-18(23)14-27-21-15-28(25(30)17-10-12-26-13-11-17)20-8-4-3-7-19(20)24(21)22(27)16-29/h2-13,21-22,24,29H,14-16H2,1H3/t21-,22-,24+/m1/s1. The average Bonchev–Trinajstić information content (AvgIpc) is 2.83. The highest BCUT2D eigenvalue weighted by atomic mass is 16.5. The number of aromatic nitrogens is 1. The van der Waals surface area contributed by atoms with Gasteiger partial charge in [0.1, 0.15) is 5.75 Å². The van der Waals surface area contributed by atoms with Crippen LogP contribution >= 0.6 is 0 Å². The van der Waals surface area contributed by atoms with E-state index in [2.05, 4.69) is 22.0 Å². The Morgan fingerprint density at radius 2 is 1.84 bits per heavy atom. The van der Waals surface area contributed by atoms with Crippen LogP contribution in [-0.2, 0) is 6.54 Å². The Hall–Kier alpha value is -3.22. The molecule has 0 aliphatic carbocycles. The van der Waals surface area contributed by atoms with Crippen molar-refractivity contribution in [3.8, 4) is 5.75 Å². The number of carbonyl (C=O) groups is 1. The second-order valence-electron chi connectivity index (χ2n) is 8.04. The summed E-state index contributed by atoms with van der Waals surface area (Å²) in [6, 6.07) is 19.7. The number of ether oxygens (including phenoxy) is 1. The normalized spacial score (nSPS) is 22.3.